The van der Waals surface area contributed by atoms with E-state index in [1.165, 1.54) is 12.8 Å². The van der Waals surface area contributed by atoms with Gasteiger partial charge in [-0.1, -0.05) is 37.1 Å². The number of aromatic carboxylic acids is 2. The van der Waals surface area contributed by atoms with Crippen LogP contribution in [-0.4, -0.2) is 33.2 Å². The number of H-pyrrole nitrogens is 1. The third kappa shape index (κ3) is 3.85. The Balaban J connectivity index is 1.98. The van der Waals surface area contributed by atoms with Gasteiger partial charge in [-0.25, -0.2) is 9.59 Å². The molecule has 1 saturated carbocycles. The van der Waals surface area contributed by atoms with Gasteiger partial charge in [-0.05, 0) is 24.0 Å². The van der Waals surface area contributed by atoms with Gasteiger partial charge in [0, 0.05) is 5.56 Å². The van der Waals surface area contributed by atoms with Gasteiger partial charge in [-0.2, -0.15) is 0 Å². The molecule has 5 N–H and O–H groups in total. The van der Waals surface area contributed by atoms with Crippen molar-refractivity contribution in [2.45, 2.75) is 38.4 Å². The molecule has 0 aliphatic heterocycles. The number of pyridine rings is 1. The van der Waals surface area contributed by atoms with E-state index in [0.717, 1.165) is 18.4 Å². The molecule has 0 bridgehead atoms. The van der Waals surface area contributed by atoms with Crippen LogP contribution in [0.15, 0.2) is 29.1 Å². The molecule has 0 unspecified atom stereocenters. The Morgan fingerprint density at radius 1 is 1.07 bits per heavy atom. The number of anilines is 1. The molecule has 0 atom stereocenters. The fourth-order valence-electron chi connectivity index (χ4n) is 3.37. The summed E-state index contributed by atoms with van der Waals surface area (Å²) in [6.45, 7) is 0.417. The van der Waals surface area contributed by atoms with Crippen LogP contribution in [0.5, 0.6) is 0 Å². The molecule has 142 valence electrons. The Morgan fingerprint density at radius 3 is 2.22 bits per heavy atom. The van der Waals surface area contributed by atoms with Crippen molar-refractivity contribution in [1.29, 1.82) is 0 Å². The van der Waals surface area contributed by atoms with Gasteiger partial charge >= 0.3 is 11.9 Å². The van der Waals surface area contributed by atoms with Crippen LogP contribution in [0, 0.1) is 0 Å². The summed E-state index contributed by atoms with van der Waals surface area (Å²) in [6.07, 6.45) is 4.70. The summed E-state index contributed by atoms with van der Waals surface area (Å²) in [5.41, 5.74) is 4.53. The van der Waals surface area contributed by atoms with Gasteiger partial charge in [-0.3, -0.25) is 4.79 Å². The van der Waals surface area contributed by atoms with Gasteiger partial charge in [0.25, 0.3) is 5.56 Å². The second-order valence-corrected chi connectivity index (χ2v) is 6.52. The van der Waals surface area contributed by atoms with Crippen molar-refractivity contribution in [3.8, 4) is 11.1 Å². The van der Waals surface area contributed by atoms with Crippen LogP contribution in [-0.2, 0) is 11.3 Å². The molecule has 1 aliphatic carbocycles. The van der Waals surface area contributed by atoms with Crippen molar-refractivity contribution in [1.82, 2.24) is 4.98 Å². The van der Waals surface area contributed by atoms with Crippen molar-refractivity contribution in [3.63, 3.8) is 0 Å². The van der Waals surface area contributed by atoms with Crippen LogP contribution in [0.4, 0.5) is 5.82 Å². The number of benzene rings is 1. The number of carboxylic acid groups (broad SMARTS) is 2. The molecule has 27 heavy (non-hydrogen) atoms. The van der Waals surface area contributed by atoms with Gasteiger partial charge in [0.15, 0.2) is 0 Å². The highest BCUT2D eigenvalue weighted by molar-refractivity contribution is 6.07. The molecule has 1 aliphatic rings. The Kier molecular flexibility index (Phi) is 5.27. The maximum absolute atomic E-state index is 12.0. The fourth-order valence-corrected chi connectivity index (χ4v) is 3.37. The number of carboxylic acids is 2. The van der Waals surface area contributed by atoms with Gasteiger partial charge in [0.1, 0.15) is 16.9 Å². The normalized spacial score (nSPS) is 14.4. The van der Waals surface area contributed by atoms with Crippen LogP contribution < -0.4 is 11.3 Å². The van der Waals surface area contributed by atoms with Gasteiger partial charge in [0.05, 0.1) is 12.7 Å². The monoisotopic (exact) mass is 372 g/mol. The van der Waals surface area contributed by atoms with E-state index >= 15 is 0 Å². The number of hydrogen-bond donors (Lipinski definition) is 4. The van der Waals surface area contributed by atoms with Crippen LogP contribution in [0.2, 0.25) is 0 Å². The summed E-state index contributed by atoms with van der Waals surface area (Å²) >= 11 is 0. The first-order valence-electron chi connectivity index (χ1n) is 8.61. The third-order valence-corrected chi connectivity index (χ3v) is 4.70. The smallest absolute Gasteiger partial charge is 0.342 e. The van der Waals surface area contributed by atoms with Crippen molar-refractivity contribution in [2.24, 2.45) is 0 Å². The van der Waals surface area contributed by atoms with E-state index in [1.807, 2.05) is 0 Å². The van der Waals surface area contributed by atoms with Crippen molar-refractivity contribution in [2.75, 3.05) is 5.73 Å². The largest absolute Gasteiger partial charge is 0.478 e. The van der Waals surface area contributed by atoms with Crippen molar-refractivity contribution < 1.29 is 24.5 Å². The zero-order valence-electron chi connectivity index (χ0n) is 14.5. The number of aromatic amines is 1. The van der Waals surface area contributed by atoms with Crippen LogP contribution >= 0.6 is 0 Å². The van der Waals surface area contributed by atoms with Crippen LogP contribution in [0.25, 0.3) is 11.1 Å². The van der Waals surface area contributed by atoms with Crippen LogP contribution in [0.1, 0.15) is 52.0 Å². The summed E-state index contributed by atoms with van der Waals surface area (Å²) in [4.78, 5) is 37.3. The molecular formula is C19H20N2O6. The lowest BCUT2D eigenvalue weighted by Crippen LogP contribution is -2.24. The van der Waals surface area contributed by atoms with E-state index in [2.05, 4.69) is 4.98 Å². The van der Waals surface area contributed by atoms with E-state index in [4.69, 9.17) is 10.5 Å². The second kappa shape index (κ2) is 7.63. The molecule has 1 fully saturated rings. The Bertz CT molecular complexity index is 926. The van der Waals surface area contributed by atoms with E-state index in [1.54, 1.807) is 24.3 Å². The Morgan fingerprint density at radius 2 is 1.67 bits per heavy atom. The lowest BCUT2D eigenvalue weighted by Gasteiger charge is -2.14. The second-order valence-electron chi connectivity index (χ2n) is 6.52. The molecule has 8 nitrogen and oxygen atoms in total. The fraction of sp³-hybridized carbons (Fsp3) is 0.316. The molecule has 0 amide bonds. The molecule has 8 heteroatoms. The van der Waals surface area contributed by atoms with Crippen LogP contribution in [0.3, 0.4) is 0 Å². The first kappa shape index (κ1) is 18.7. The molecule has 0 radical (unpaired) electrons. The predicted octanol–water partition coefficient (Wildman–Crippen LogP) is 2.48. The van der Waals surface area contributed by atoms with E-state index in [9.17, 15) is 24.6 Å². The number of ether oxygens (including phenoxy) is 1. The zero-order valence-corrected chi connectivity index (χ0v) is 14.5. The molecule has 1 heterocycles. The molecule has 0 spiro atoms. The topological polar surface area (TPSA) is 143 Å². The third-order valence-electron chi connectivity index (χ3n) is 4.70. The first-order valence-corrected chi connectivity index (χ1v) is 8.61. The van der Waals surface area contributed by atoms with Gasteiger partial charge in [-0.15, -0.1) is 0 Å². The molecule has 0 saturated heterocycles. The molecule has 1 aromatic carbocycles. The minimum Gasteiger partial charge on any atom is -0.478 e. The quantitative estimate of drug-likeness (QED) is 0.610. The number of aromatic nitrogens is 1. The SMILES string of the molecule is Nc1[nH]c(=O)c(C(=O)O)c(-c2ccc(COC3CCCC3)cc2)c1C(=O)O. The highest BCUT2D eigenvalue weighted by Crippen LogP contribution is 2.30. The molecule has 1 aromatic heterocycles. The zero-order chi connectivity index (χ0) is 19.6. The average molecular weight is 372 g/mol. The highest BCUT2D eigenvalue weighted by atomic mass is 16.5. The number of hydrogen-bond acceptors (Lipinski definition) is 5. The molecule has 3 rings (SSSR count). The summed E-state index contributed by atoms with van der Waals surface area (Å²) in [5.74, 6) is -3.33. The first-order chi connectivity index (χ1) is 12.9. The summed E-state index contributed by atoms with van der Waals surface area (Å²) < 4.78 is 5.83. The minimum atomic E-state index is -1.53. The number of nitrogens with two attached hydrogens (primary N) is 1. The molecule has 2 aromatic rings. The van der Waals surface area contributed by atoms with Crippen molar-refractivity contribution >= 4 is 17.8 Å². The van der Waals surface area contributed by atoms with E-state index in [0.29, 0.717) is 6.61 Å². The van der Waals surface area contributed by atoms with E-state index in [-0.39, 0.29) is 23.0 Å². The summed E-state index contributed by atoms with van der Waals surface area (Å²) in [5, 5.41) is 18.8. The number of carbonyl (C=O) groups is 2. The Hall–Kier alpha value is -3.13. The number of nitrogens with one attached hydrogen (secondary N) is 1. The summed E-state index contributed by atoms with van der Waals surface area (Å²) in [7, 11) is 0. The van der Waals surface area contributed by atoms with Crippen molar-refractivity contribution in [3.05, 3.63) is 51.3 Å². The van der Waals surface area contributed by atoms with Gasteiger partial charge < -0.3 is 25.7 Å². The predicted molar refractivity (Wildman–Crippen MR) is 97.9 cm³/mol. The lowest BCUT2D eigenvalue weighted by atomic mass is 9.95. The molecular weight excluding hydrogens is 352 g/mol. The van der Waals surface area contributed by atoms with E-state index < -0.39 is 28.6 Å². The minimum absolute atomic E-state index is 0.209. The Labute approximate surface area is 154 Å². The highest BCUT2D eigenvalue weighted by Gasteiger charge is 2.26. The number of rotatable bonds is 6. The maximum atomic E-state index is 12.0. The van der Waals surface area contributed by atoms with Gasteiger partial charge in [0.2, 0.25) is 0 Å². The number of nitrogen functional groups attached to an aromatic ring is 1. The summed E-state index contributed by atoms with van der Waals surface area (Å²) in [6, 6.07) is 6.58. The standard InChI is InChI=1S/C19H20N2O6/c20-16-14(18(23)24)13(15(19(25)26)17(22)21-16)11-7-5-10(6-8-11)9-27-12-3-1-2-4-12/h5-8,12H,1-4,9H2,(H,23,24)(H,25,26)(H3,20,21,22). The average Bonchev–Trinajstić information content (AvgIpc) is 3.12. The lowest BCUT2D eigenvalue weighted by molar-refractivity contribution is 0.0457. The maximum Gasteiger partial charge on any atom is 0.342 e.